The second-order valence-corrected chi connectivity index (χ2v) is 6.43. The summed E-state index contributed by atoms with van der Waals surface area (Å²) in [6.07, 6.45) is 0. The SMILES string of the molecule is Cc1cc(Nc2s[nH]c(=O)c2C#N)cc(S(N)(=O)=O)c1. The molecule has 1 aromatic carbocycles. The number of aryl methyl sites for hydroxylation is 1. The molecule has 9 heteroatoms. The molecule has 7 nitrogen and oxygen atoms in total. The van der Waals surface area contributed by atoms with Gasteiger partial charge in [-0.1, -0.05) is 0 Å². The van der Waals surface area contributed by atoms with Crippen molar-refractivity contribution in [1.82, 2.24) is 4.37 Å². The molecular weight excluding hydrogens is 300 g/mol. The number of aromatic amines is 1. The van der Waals surface area contributed by atoms with Crippen LogP contribution in [0.3, 0.4) is 0 Å². The summed E-state index contributed by atoms with van der Waals surface area (Å²) in [4.78, 5) is 11.3. The molecule has 0 atom stereocenters. The predicted octanol–water partition coefficient (Wildman–Crippen LogP) is 1.01. The zero-order chi connectivity index (χ0) is 14.9. The highest BCUT2D eigenvalue weighted by Gasteiger charge is 2.13. The van der Waals surface area contributed by atoms with Crippen molar-refractivity contribution in [2.45, 2.75) is 11.8 Å². The van der Waals surface area contributed by atoms with Crippen LogP contribution >= 0.6 is 11.5 Å². The molecule has 0 aliphatic heterocycles. The van der Waals surface area contributed by atoms with Crippen molar-refractivity contribution in [3.63, 3.8) is 0 Å². The van der Waals surface area contributed by atoms with Gasteiger partial charge in [0.1, 0.15) is 11.1 Å². The van der Waals surface area contributed by atoms with E-state index in [-0.39, 0.29) is 10.5 Å². The standard InChI is InChI=1S/C11H10N4O3S2/c1-6-2-7(4-8(3-6)20(13,17)18)14-11-9(5-12)10(16)15-19-11/h2-4,14H,1H3,(H,15,16)(H2,13,17,18). The first kappa shape index (κ1) is 14.3. The van der Waals surface area contributed by atoms with Gasteiger partial charge in [0.2, 0.25) is 10.0 Å². The predicted molar refractivity (Wildman–Crippen MR) is 75.5 cm³/mol. The number of nitriles is 1. The number of nitrogens with two attached hydrogens (primary N) is 1. The molecule has 0 amide bonds. The minimum atomic E-state index is -3.82. The maximum atomic E-state index is 11.4. The van der Waals surface area contributed by atoms with E-state index in [2.05, 4.69) is 9.69 Å². The van der Waals surface area contributed by atoms with Gasteiger partial charge >= 0.3 is 0 Å². The van der Waals surface area contributed by atoms with Crippen LogP contribution in [0.4, 0.5) is 10.7 Å². The van der Waals surface area contributed by atoms with E-state index in [1.807, 2.05) is 0 Å². The first-order valence-corrected chi connectivity index (χ1v) is 7.70. The molecule has 2 rings (SSSR count). The van der Waals surface area contributed by atoms with E-state index >= 15 is 0 Å². The third kappa shape index (κ3) is 2.88. The molecule has 4 N–H and O–H groups in total. The molecule has 0 saturated carbocycles. The van der Waals surface area contributed by atoms with Crippen molar-refractivity contribution in [3.8, 4) is 6.07 Å². The van der Waals surface area contributed by atoms with Gasteiger partial charge in [0, 0.05) is 5.69 Å². The van der Waals surface area contributed by atoms with Crippen LogP contribution in [0.25, 0.3) is 0 Å². The Bertz CT molecular complexity index is 859. The summed E-state index contributed by atoms with van der Waals surface area (Å²) in [6.45, 7) is 1.71. The van der Waals surface area contributed by atoms with Crippen molar-refractivity contribution in [1.29, 1.82) is 5.26 Å². The Balaban J connectivity index is 2.47. The fourth-order valence-electron chi connectivity index (χ4n) is 1.61. The first-order chi connectivity index (χ1) is 9.31. The Kier molecular flexibility index (Phi) is 3.63. The number of nitrogens with one attached hydrogen (secondary N) is 2. The maximum absolute atomic E-state index is 11.4. The quantitative estimate of drug-likeness (QED) is 0.779. The molecule has 0 unspecified atom stereocenters. The number of primary sulfonamides is 1. The summed E-state index contributed by atoms with van der Waals surface area (Å²) >= 11 is 0.963. The average molecular weight is 310 g/mol. The van der Waals surface area contributed by atoms with Gasteiger partial charge in [-0.3, -0.25) is 9.17 Å². The molecule has 20 heavy (non-hydrogen) atoms. The van der Waals surface area contributed by atoms with Gasteiger partial charge in [0.15, 0.2) is 5.56 Å². The van der Waals surface area contributed by atoms with Crippen LogP contribution in [-0.4, -0.2) is 12.8 Å². The van der Waals surface area contributed by atoms with Crippen molar-refractivity contribution >= 4 is 32.2 Å². The lowest BCUT2D eigenvalue weighted by atomic mass is 10.2. The summed E-state index contributed by atoms with van der Waals surface area (Å²) in [7, 11) is -3.82. The van der Waals surface area contributed by atoms with E-state index in [0.29, 0.717) is 16.3 Å². The lowest BCUT2D eigenvalue weighted by Gasteiger charge is -2.07. The Labute approximate surface area is 118 Å². The number of rotatable bonds is 3. The van der Waals surface area contributed by atoms with Gasteiger partial charge in [0.05, 0.1) is 4.90 Å². The van der Waals surface area contributed by atoms with Crippen molar-refractivity contribution in [2.24, 2.45) is 5.14 Å². The minimum absolute atomic E-state index is 0.0404. The van der Waals surface area contributed by atoms with Crippen LogP contribution in [0.15, 0.2) is 27.9 Å². The fourth-order valence-corrected chi connectivity index (χ4v) is 2.96. The van der Waals surface area contributed by atoms with Gasteiger partial charge in [-0.25, -0.2) is 13.6 Å². The third-order valence-corrected chi connectivity index (χ3v) is 4.14. The number of benzene rings is 1. The number of sulfonamides is 1. The van der Waals surface area contributed by atoms with Crippen LogP contribution in [0.2, 0.25) is 0 Å². The van der Waals surface area contributed by atoms with E-state index in [1.54, 1.807) is 19.1 Å². The molecule has 0 spiro atoms. The summed E-state index contributed by atoms with van der Waals surface area (Å²) in [6, 6.07) is 6.24. The Morgan fingerprint density at radius 3 is 2.70 bits per heavy atom. The van der Waals surface area contributed by atoms with Crippen LogP contribution < -0.4 is 16.0 Å². The van der Waals surface area contributed by atoms with Crippen molar-refractivity contribution < 1.29 is 8.42 Å². The van der Waals surface area contributed by atoms with Crippen molar-refractivity contribution in [3.05, 3.63) is 39.7 Å². The number of hydrogen-bond acceptors (Lipinski definition) is 6. The van der Waals surface area contributed by atoms with Crippen LogP contribution in [-0.2, 0) is 10.0 Å². The van der Waals surface area contributed by atoms with E-state index in [4.69, 9.17) is 10.4 Å². The molecule has 2 aromatic rings. The zero-order valence-corrected chi connectivity index (χ0v) is 11.9. The molecule has 104 valence electrons. The topological polar surface area (TPSA) is 129 Å². The molecule has 0 aliphatic carbocycles. The third-order valence-electron chi connectivity index (χ3n) is 2.45. The summed E-state index contributed by atoms with van der Waals surface area (Å²) in [5, 5.41) is 17.1. The average Bonchev–Trinajstić information content (AvgIpc) is 2.68. The normalized spacial score (nSPS) is 11.1. The summed E-state index contributed by atoms with van der Waals surface area (Å²) in [5.41, 5.74) is 0.578. The van der Waals surface area contributed by atoms with Crippen LogP contribution in [0, 0.1) is 18.3 Å². The minimum Gasteiger partial charge on any atom is -0.345 e. The maximum Gasteiger partial charge on any atom is 0.278 e. The lowest BCUT2D eigenvalue weighted by Crippen LogP contribution is -2.12. The van der Waals surface area contributed by atoms with Crippen LogP contribution in [0.1, 0.15) is 11.1 Å². The van der Waals surface area contributed by atoms with Gasteiger partial charge in [-0.2, -0.15) is 5.26 Å². The highest BCUT2D eigenvalue weighted by molar-refractivity contribution is 7.89. The zero-order valence-electron chi connectivity index (χ0n) is 10.3. The Morgan fingerprint density at radius 2 is 2.10 bits per heavy atom. The second kappa shape index (κ2) is 5.09. The van der Waals surface area contributed by atoms with Gasteiger partial charge in [0.25, 0.3) is 5.56 Å². The van der Waals surface area contributed by atoms with Crippen molar-refractivity contribution in [2.75, 3.05) is 5.32 Å². The van der Waals surface area contributed by atoms with Gasteiger partial charge < -0.3 is 5.32 Å². The number of aromatic nitrogens is 1. The molecule has 0 fully saturated rings. The molecular formula is C11H10N4O3S2. The van der Waals surface area contributed by atoms with E-state index in [9.17, 15) is 13.2 Å². The Hall–Kier alpha value is -2.15. The first-order valence-electron chi connectivity index (χ1n) is 5.34. The van der Waals surface area contributed by atoms with Crippen LogP contribution in [0.5, 0.6) is 0 Å². The second-order valence-electron chi connectivity index (χ2n) is 4.05. The number of H-pyrrole nitrogens is 1. The van der Waals surface area contributed by atoms with Gasteiger partial charge in [-0.05, 0) is 42.2 Å². The number of anilines is 2. The lowest BCUT2D eigenvalue weighted by molar-refractivity contribution is 0.597. The largest absolute Gasteiger partial charge is 0.345 e. The fraction of sp³-hybridized carbons (Fsp3) is 0.0909. The molecule has 1 heterocycles. The number of hydrogen-bond donors (Lipinski definition) is 3. The highest BCUT2D eigenvalue weighted by Crippen LogP contribution is 2.24. The highest BCUT2D eigenvalue weighted by atomic mass is 32.2. The molecule has 0 aliphatic rings. The van der Waals surface area contributed by atoms with E-state index in [1.165, 1.54) is 12.1 Å². The van der Waals surface area contributed by atoms with Gasteiger partial charge in [-0.15, -0.1) is 0 Å². The molecule has 1 aromatic heterocycles. The monoisotopic (exact) mass is 310 g/mol. The summed E-state index contributed by atoms with van der Waals surface area (Å²) in [5.74, 6) is 0. The molecule has 0 saturated heterocycles. The Morgan fingerprint density at radius 1 is 1.40 bits per heavy atom. The smallest absolute Gasteiger partial charge is 0.278 e. The number of nitrogens with zero attached hydrogens (tertiary/aromatic N) is 1. The molecule has 0 bridgehead atoms. The van der Waals surface area contributed by atoms with E-state index < -0.39 is 15.6 Å². The summed E-state index contributed by atoms with van der Waals surface area (Å²) < 4.78 is 25.1. The van der Waals surface area contributed by atoms with E-state index in [0.717, 1.165) is 11.5 Å². The molecule has 0 radical (unpaired) electrons.